The summed E-state index contributed by atoms with van der Waals surface area (Å²) in [5.74, 6) is -4.56. The highest BCUT2D eigenvalue weighted by Crippen LogP contribution is 2.48. The summed E-state index contributed by atoms with van der Waals surface area (Å²) in [4.78, 5) is 1.19. The van der Waals surface area contributed by atoms with Crippen molar-refractivity contribution in [3.8, 4) is 6.07 Å². The number of alkyl halides is 4. The third-order valence-corrected chi connectivity index (χ3v) is 7.29. The van der Waals surface area contributed by atoms with Crippen molar-refractivity contribution >= 4 is 16.3 Å². The van der Waals surface area contributed by atoms with Gasteiger partial charge in [-0.3, -0.25) is 0 Å². The number of rotatable bonds is 5. The Labute approximate surface area is 154 Å². The Kier molecular flexibility index (Phi) is 4.45. The van der Waals surface area contributed by atoms with Crippen LogP contribution in [-0.2, 0) is 12.8 Å². The van der Waals surface area contributed by atoms with Gasteiger partial charge in [-0.05, 0) is 49.0 Å². The number of nitrogens with one attached hydrogen (secondary N) is 1. The van der Waals surface area contributed by atoms with Crippen molar-refractivity contribution in [3.05, 3.63) is 16.0 Å². The molecule has 3 aliphatic carbocycles. The van der Waals surface area contributed by atoms with Crippen LogP contribution in [0.15, 0.2) is 0 Å². The summed E-state index contributed by atoms with van der Waals surface area (Å²) in [6, 6.07) is 2.27. The van der Waals surface area contributed by atoms with Crippen molar-refractivity contribution in [1.82, 2.24) is 0 Å². The molecule has 2 fully saturated rings. The minimum absolute atomic E-state index is 0.00390. The van der Waals surface area contributed by atoms with Gasteiger partial charge in [0, 0.05) is 37.1 Å². The fraction of sp³-hybridized carbons (Fsp3) is 0.737. The lowest BCUT2D eigenvalue weighted by molar-refractivity contribution is -0.115. The molecule has 1 aromatic rings. The van der Waals surface area contributed by atoms with Gasteiger partial charge in [-0.25, -0.2) is 17.6 Å². The monoisotopic (exact) mass is 386 g/mol. The maximum Gasteiger partial charge on any atom is 0.248 e. The first-order valence-electron chi connectivity index (χ1n) is 9.29. The average Bonchev–Trinajstić information content (AvgIpc) is 2.85. The van der Waals surface area contributed by atoms with Gasteiger partial charge in [-0.15, -0.1) is 11.3 Å². The standard InChI is InChI=1S/C19H22F4N2S/c20-18(21)5-12(6-18)3-11-1-2-16-14(4-11)15(9-24)17(26-16)25-10-13-7-19(22,23)8-13/h11-13,25H,1-8,10H2. The molecule has 3 aliphatic rings. The second-order valence-electron chi connectivity index (χ2n) is 8.31. The third kappa shape index (κ3) is 3.58. The summed E-state index contributed by atoms with van der Waals surface area (Å²) in [6.07, 6.45) is 3.30. The van der Waals surface area contributed by atoms with Crippen LogP contribution in [0.4, 0.5) is 22.6 Å². The van der Waals surface area contributed by atoms with Crippen LogP contribution in [-0.4, -0.2) is 18.4 Å². The molecular formula is C19H22F4N2S. The first kappa shape index (κ1) is 18.1. The van der Waals surface area contributed by atoms with Gasteiger partial charge in [0.1, 0.15) is 11.1 Å². The van der Waals surface area contributed by atoms with Gasteiger partial charge >= 0.3 is 0 Å². The normalized spacial score (nSPS) is 27.1. The van der Waals surface area contributed by atoms with E-state index in [1.165, 1.54) is 4.88 Å². The Morgan fingerprint density at radius 2 is 1.69 bits per heavy atom. The Hall–Kier alpha value is -1.29. The molecule has 1 atom stereocenters. The number of hydrogen-bond donors (Lipinski definition) is 1. The fourth-order valence-electron chi connectivity index (χ4n) is 4.69. The first-order chi connectivity index (χ1) is 12.2. The van der Waals surface area contributed by atoms with Gasteiger partial charge in [-0.2, -0.15) is 5.26 Å². The van der Waals surface area contributed by atoms with Crippen molar-refractivity contribution in [3.63, 3.8) is 0 Å². The van der Waals surface area contributed by atoms with E-state index in [0.29, 0.717) is 18.0 Å². The van der Waals surface area contributed by atoms with Crippen LogP contribution in [0.5, 0.6) is 0 Å². The molecule has 1 heterocycles. The molecule has 0 aromatic carbocycles. The molecule has 1 unspecified atom stereocenters. The largest absolute Gasteiger partial charge is 0.376 e. The molecule has 7 heteroatoms. The number of aryl methyl sites for hydroxylation is 1. The van der Waals surface area contributed by atoms with Crippen molar-refractivity contribution in [2.75, 3.05) is 11.9 Å². The zero-order valence-corrected chi connectivity index (χ0v) is 15.3. The van der Waals surface area contributed by atoms with E-state index in [1.54, 1.807) is 11.3 Å². The van der Waals surface area contributed by atoms with E-state index in [-0.39, 0.29) is 37.5 Å². The van der Waals surface area contributed by atoms with Gasteiger partial charge in [-0.1, -0.05) is 0 Å². The van der Waals surface area contributed by atoms with Crippen molar-refractivity contribution in [1.29, 1.82) is 5.26 Å². The molecule has 26 heavy (non-hydrogen) atoms. The maximum atomic E-state index is 13.0. The van der Waals surface area contributed by atoms with Crippen LogP contribution < -0.4 is 5.32 Å². The molecule has 0 aliphatic heterocycles. The van der Waals surface area contributed by atoms with Crippen molar-refractivity contribution in [2.24, 2.45) is 17.8 Å². The summed E-state index contributed by atoms with van der Waals surface area (Å²) in [7, 11) is 0. The van der Waals surface area contributed by atoms with E-state index < -0.39 is 11.8 Å². The van der Waals surface area contributed by atoms with Crippen LogP contribution in [0.25, 0.3) is 0 Å². The van der Waals surface area contributed by atoms with E-state index in [1.807, 2.05) is 0 Å². The maximum absolute atomic E-state index is 13.0. The Morgan fingerprint density at radius 3 is 2.31 bits per heavy atom. The lowest BCUT2D eigenvalue weighted by Gasteiger charge is -2.37. The molecule has 0 radical (unpaired) electrons. The molecule has 1 N–H and O–H groups in total. The summed E-state index contributed by atoms with van der Waals surface area (Å²) >= 11 is 1.56. The van der Waals surface area contributed by atoms with Crippen LogP contribution in [0, 0.1) is 29.1 Å². The molecule has 1 aromatic heterocycles. The summed E-state index contributed by atoms with van der Waals surface area (Å²) < 4.78 is 52.0. The number of halogens is 4. The van der Waals surface area contributed by atoms with Crippen molar-refractivity contribution in [2.45, 2.75) is 63.2 Å². The highest BCUT2D eigenvalue weighted by atomic mass is 32.1. The van der Waals surface area contributed by atoms with Crippen LogP contribution in [0.2, 0.25) is 0 Å². The Balaban J connectivity index is 1.37. The zero-order chi connectivity index (χ0) is 18.5. The van der Waals surface area contributed by atoms with E-state index in [2.05, 4.69) is 11.4 Å². The number of nitriles is 1. The summed E-state index contributed by atoms with van der Waals surface area (Å²) in [5, 5.41) is 13.6. The number of anilines is 1. The predicted octanol–water partition coefficient (Wildman–Crippen LogP) is 5.62. The molecule has 2 nitrogen and oxygen atoms in total. The Bertz CT molecular complexity index is 721. The van der Waals surface area contributed by atoms with Crippen molar-refractivity contribution < 1.29 is 17.6 Å². The third-order valence-electron chi connectivity index (χ3n) is 6.04. The number of hydrogen-bond acceptors (Lipinski definition) is 3. The molecule has 0 spiro atoms. The van der Waals surface area contributed by atoms with E-state index in [0.717, 1.165) is 36.2 Å². The van der Waals surface area contributed by atoms with Crippen LogP contribution in [0.3, 0.4) is 0 Å². The van der Waals surface area contributed by atoms with Gasteiger partial charge in [0.05, 0.1) is 5.56 Å². The molecule has 0 bridgehead atoms. The van der Waals surface area contributed by atoms with Gasteiger partial charge in [0.25, 0.3) is 0 Å². The minimum atomic E-state index is -2.52. The van der Waals surface area contributed by atoms with Gasteiger partial charge in [0.15, 0.2) is 0 Å². The van der Waals surface area contributed by atoms with E-state index in [4.69, 9.17) is 0 Å². The van der Waals surface area contributed by atoms with Gasteiger partial charge in [0.2, 0.25) is 11.8 Å². The average molecular weight is 386 g/mol. The zero-order valence-electron chi connectivity index (χ0n) is 14.5. The second-order valence-corrected chi connectivity index (χ2v) is 9.41. The smallest absolute Gasteiger partial charge is 0.248 e. The summed E-state index contributed by atoms with van der Waals surface area (Å²) in [6.45, 7) is 0.476. The molecule has 2 saturated carbocycles. The van der Waals surface area contributed by atoms with Crippen LogP contribution >= 0.6 is 11.3 Å². The van der Waals surface area contributed by atoms with E-state index >= 15 is 0 Å². The molecular weight excluding hydrogens is 364 g/mol. The highest BCUT2D eigenvalue weighted by molar-refractivity contribution is 7.16. The highest BCUT2D eigenvalue weighted by Gasteiger charge is 2.46. The molecule has 0 amide bonds. The lowest BCUT2D eigenvalue weighted by atomic mass is 9.72. The Morgan fingerprint density at radius 1 is 1.04 bits per heavy atom. The molecule has 4 rings (SSSR count). The SMILES string of the molecule is N#Cc1c(NCC2CC(F)(F)C2)sc2c1CC(CC1CC(F)(F)C1)CC2. The molecule has 142 valence electrons. The quantitative estimate of drug-likeness (QED) is 0.667. The number of nitrogens with zero attached hydrogens (tertiary/aromatic N) is 1. The predicted molar refractivity (Wildman–Crippen MR) is 93.0 cm³/mol. The van der Waals surface area contributed by atoms with E-state index in [9.17, 15) is 22.8 Å². The van der Waals surface area contributed by atoms with Crippen LogP contribution in [0.1, 0.15) is 54.5 Å². The topological polar surface area (TPSA) is 35.8 Å². The first-order valence-corrected chi connectivity index (χ1v) is 10.1. The fourth-order valence-corrected chi connectivity index (χ4v) is 5.89. The summed E-state index contributed by atoms with van der Waals surface area (Å²) in [5.41, 5.74) is 1.70. The second kappa shape index (κ2) is 6.40. The number of fused-ring (bicyclic) bond motifs is 1. The molecule has 0 saturated heterocycles. The minimum Gasteiger partial charge on any atom is -0.376 e. The van der Waals surface area contributed by atoms with Gasteiger partial charge < -0.3 is 5.32 Å². The number of thiophene rings is 1. The lowest BCUT2D eigenvalue weighted by Crippen LogP contribution is -2.39.